The highest BCUT2D eigenvalue weighted by Crippen LogP contribution is 2.32. The summed E-state index contributed by atoms with van der Waals surface area (Å²) in [6.07, 6.45) is 7.19. The van der Waals surface area contributed by atoms with Gasteiger partial charge in [-0.15, -0.1) is 0 Å². The molecule has 0 aliphatic heterocycles. The molecule has 3 aromatic rings. The summed E-state index contributed by atoms with van der Waals surface area (Å²) in [4.78, 5) is 36.5. The number of amides is 2. The summed E-state index contributed by atoms with van der Waals surface area (Å²) < 4.78 is 5.71. The van der Waals surface area contributed by atoms with E-state index in [1.807, 2.05) is 45.0 Å². The van der Waals surface area contributed by atoms with Crippen LogP contribution in [0.4, 0.5) is 0 Å². The first kappa shape index (κ1) is 21.8. The van der Waals surface area contributed by atoms with Crippen molar-refractivity contribution < 1.29 is 14.0 Å². The summed E-state index contributed by atoms with van der Waals surface area (Å²) in [7, 11) is 0. The molecule has 1 unspecified atom stereocenters. The van der Waals surface area contributed by atoms with Crippen LogP contribution in [0.5, 0.6) is 0 Å². The Labute approximate surface area is 187 Å². The smallest absolute Gasteiger partial charge is 0.288 e. The van der Waals surface area contributed by atoms with Gasteiger partial charge in [0, 0.05) is 29.4 Å². The molecule has 1 saturated carbocycles. The van der Waals surface area contributed by atoms with Gasteiger partial charge < -0.3 is 20.0 Å². The zero-order valence-corrected chi connectivity index (χ0v) is 18.6. The number of nitrogens with one attached hydrogen (secondary N) is 3. The topological polar surface area (TPSA) is 113 Å². The molecule has 0 saturated heterocycles. The number of hydrogen-bond acceptors (Lipinski definition) is 5. The normalized spacial score (nSPS) is 14.4. The first-order chi connectivity index (χ1) is 15.5. The van der Waals surface area contributed by atoms with Gasteiger partial charge in [0.05, 0.1) is 11.9 Å². The molecule has 2 aromatic heterocycles. The first-order valence-corrected chi connectivity index (χ1v) is 11.2. The van der Waals surface area contributed by atoms with E-state index in [1.54, 1.807) is 6.20 Å². The summed E-state index contributed by atoms with van der Waals surface area (Å²) >= 11 is 0. The van der Waals surface area contributed by atoms with Crippen LogP contribution in [-0.4, -0.2) is 38.8 Å². The first-order valence-electron chi connectivity index (χ1n) is 11.2. The van der Waals surface area contributed by atoms with Crippen molar-refractivity contribution in [3.63, 3.8) is 0 Å². The minimum Gasteiger partial charge on any atom is -0.431 e. The van der Waals surface area contributed by atoms with Crippen molar-refractivity contribution in [2.45, 2.75) is 58.5 Å². The molecule has 32 heavy (non-hydrogen) atoms. The second-order valence-electron chi connectivity index (χ2n) is 8.33. The molecule has 2 heterocycles. The highest BCUT2D eigenvalue weighted by atomic mass is 16.4. The number of carbonyl (C=O) groups is 2. The molecule has 1 atom stereocenters. The maximum atomic E-state index is 12.4. The largest absolute Gasteiger partial charge is 0.431 e. The van der Waals surface area contributed by atoms with Crippen molar-refractivity contribution in [3.8, 4) is 22.7 Å². The molecule has 8 nitrogen and oxygen atoms in total. The summed E-state index contributed by atoms with van der Waals surface area (Å²) in [5, 5.41) is 5.95. The van der Waals surface area contributed by atoms with Crippen molar-refractivity contribution in [1.82, 2.24) is 25.6 Å². The quantitative estimate of drug-likeness (QED) is 0.467. The van der Waals surface area contributed by atoms with E-state index in [0.717, 1.165) is 24.0 Å². The van der Waals surface area contributed by atoms with Crippen LogP contribution < -0.4 is 10.6 Å². The van der Waals surface area contributed by atoms with Gasteiger partial charge in [-0.1, -0.05) is 26.0 Å². The number of oxazole rings is 1. The highest BCUT2D eigenvalue weighted by molar-refractivity contribution is 5.92. The van der Waals surface area contributed by atoms with Gasteiger partial charge in [-0.25, -0.2) is 9.97 Å². The molecule has 1 aliphatic carbocycles. The van der Waals surface area contributed by atoms with Crippen LogP contribution in [0.2, 0.25) is 0 Å². The Bertz CT molecular complexity index is 1030. The average molecular weight is 436 g/mol. The third-order valence-corrected chi connectivity index (χ3v) is 5.94. The van der Waals surface area contributed by atoms with Crippen LogP contribution >= 0.6 is 0 Å². The van der Waals surface area contributed by atoms with Crippen molar-refractivity contribution in [2.24, 2.45) is 5.92 Å². The Morgan fingerprint density at radius 3 is 2.62 bits per heavy atom. The fourth-order valence-corrected chi connectivity index (χ4v) is 3.65. The van der Waals surface area contributed by atoms with Crippen LogP contribution in [0, 0.1) is 5.92 Å². The number of aromatic nitrogens is 3. The van der Waals surface area contributed by atoms with Gasteiger partial charge in [0.1, 0.15) is 0 Å². The van der Waals surface area contributed by atoms with E-state index in [-0.39, 0.29) is 35.5 Å². The van der Waals surface area contributed by atoms with E-state index in [2.05, 4.69) is 25.6 Å². The van der Waals surface area contributed by atoms with E-state index in [9.17, 15) is 9.59 Å². The van der Waals surface area contributed by atoms with Crippen LogP contribution in [-0.2, 0) is 0 Å². The third kappa shape index (κ3) is 4.90. The van der Waals surface area contributed by atoms with Gasteiger partial charge in [-0.05, 0) is 50.7 Å². The Balaban J connectivity index is 1.47. The lowest BCUT2D eigenvalue weighted by Gasteiger charge is -2.12. The SMILES string of the molecule is CCC(CC)NC(=O)c1cnc(-c2cccc(-c3c[nH]c(C(=O)NC(C)C4CC4)n3)c2)o1. The summed E-state index contributed by atoms with van der Waals surface area (Å²) in [6, 6.07) is 7.76. The lowest BCUT2D eigenvalue weighted by molar-refractivity contribution is 0.0905. The Kier molecular flexibility index (Phi) is 6.39. The minimum absolute atomic E-state index is 0.109. The van der Waals surface area contributed by atoms with E-state index in [0.29, 0.717) is 17.5 Å². The van der Waals surface area contributed by atoms with Crippen molar-refractivity contribution in [1.29, 1.82) is 0 Å². The van der Waals surface area contributed by atoms with Crippen LogP contribution in [0.15, 0.2) is 41.1 Å². The molecule has 1 aromatic carbocycles. The molecule has 1 aliphatic rings. The number of imidazole rings is 1. The molecule has 3 N–H and O–H groups in total. The molecule has 2 amide bonds. The zero-order chi connectivity index (χ0) is 22.7. The second-order valence-corrected chi connectivity index (χ2v) is 8.33. The summed E-state index contributed by atoms with van der Waals surface area (Å²) in [5.41, 5.74) is 2.18. The predicted molar refractivity (Wildman–Crippen MR) is 121 cm³/mol. The fourth-order valence-electron chi connectivity index (χ4n) is 3.65. The molecule has 1 fully saturated rings. The maximum Gasteiger partial charge on any atom is 0.288 e. The Morgan fingerprint density at radius 2 is 1.91 bits per heavy atom. The molecule has 4 rings (SSSR count). The maximum absolute atomic E-state index is 12.4. The summed E-state index contributed by atoms with van der Waals surface area (Å²) in [6.45, 7) is 6.09. The van der Waals surface area contributed by atoms with Crippen LogP contribution in [0.3, 0.4) is 0 Å². The van der Waals surface area contributed by atoms with Gasteiger partial charge in [-0.3, -0.25) is 9.59 Å². The number of carbonyl (C=O) groups excluding carboxylic acids is 2. The standard InChI is InChI=1S/C24H29N5O3/c1-4-18(5-2)28-22(30)20-13-26-24(32-20)17-8-6-7-16(11-17)19-12-25-21(29-19)23(31)27-14(3)15-9-10-15/h6-8,11-15,18H,4-5,9-10H2,1-3H3,(H,25,29)(H,27,31)(H,28,30). The molecular formula is C24H29N5O3. The zero-order valence-electron chi connectivity index (χ0n) is 18.6. The van der Waals surface area contributed by atoms with E-state index >= 15 is 0 Å². The highest BCUT2D eigenvalue weighted by Gasteiger charge is 2.29. The molecule has 0 radical (unpaired) electrons. The fraction of sp³-hybridized carbons (Fsp3) is 0.417. The lowest BCUT2D eigenvalue weighted by atomic mass is 10.1. The molecule has 168 valence electrons. The number of hydrogen-bond donors (Lipinski definition) is 3. The van der Waals surface area contributed by atoms with E-state index in [4.69, 9.17) is 4.42 Å². The number of nitrogens with zero attached hydrogens (tertiary/aromatic N) is 2. The number of rotatable bonds is 9. The Morgan fingerprint density at radius 1 is 1.16 bits per heavy atom. The molecular weight excluding hydrogens is 406 g/mol. The molecule has 0 spiro atoms. The van der Waals surface area contributed by atoms with Gasteiger partial charge in [0.2, 0.25) is 11.7 Å². The van der Waals surface area contributed by atoms with Gasteiger partial charge in [0.15, 0.2) is 5.82 Å². The van der Waals surface area contributed by atoms with E-state index < -0.39 is 0 Å². The third-order valence-electron chi connectivity index (χ3n) is 5.94. The summed E-state index contributed by atoms with van der Waals surface area (Å²) in [5.74, 6) is 0.931. The lowest BCUT2D eigenvalue weighted by Crippen LogP contribution is -2.34. The number of H-pyrrole nitrogens is 1. The monoisotopic (exact) mass is 435 g/mol. The van der Waals surface area contributed by atoms with Crippen molar-refractivity contribution in [2.75, 3.05) is 0 Å². The average Bonchev–Trinajstić information content (AvgIpc) is 3.33. The number of aromatic amines is 1. The Hall–Kier alpha value is -3.42. The van der Waals surface area contributed by atoms with Crippen molar-refractivity contribution in [3.05, 3.63) is 48.2 Å². The van der Waals surface area contributed by atoms with Crippen LogP contribution in [0.25, 0.3) is 22.7 Å². The second kappa shape index (κ2) is 9.38. The number of benzene rings is 1. The van der Waals surface area contributed by atoms with E-state index in [1.165, 1.54) is 19.0 Å². The van der Waals surface area contributed by atoms with Gasteiger partial charge in [-0.2, -0.15) is 0 Å². The molecule has 8 heteroatoms. The van der Waals surface area contributed by atoms with Crippen LogP contribution in [0.1, 0.15) is 67.6 Å². The van der Waals surface area contributed by atoms with Crippen molar-refractivity contribution >= 4 is 11.8 Å². The van der Waals surface area contributed by atoms with Gasteiger partial charge in [0.25, 0.3) is 11.8 Å². The predicted octanol–water partition coefficient (Wildman–Crippen LogP) is 4.18. The molecule has 0 bridgehead atoms. The van der Waals surface area contributed by atoms with Gasteiger partial charge >= 0.3 is 0 Å². The minimum atomic E-state index is -0.267.